The smallest absolute Gasteiger partial charge is 0.337 e. The van der Waals surface area contributed by atoms with Gasteiger partial charge in [0.25, 0.3) is 0 Å². The number of hydrogen-bond donors (Lipinski definition) is 1. The monoisotopic (exact) mass is 379 g/mol. The van der Waals surface area contributed by atoms with Crippen LogP contribution in [0.15, 0.2) is 47.5 Å². The largest absolute Gasteiger partial charge is 0.465 e. The predicted molar refractivity (Wildman–Crippen MR) is 109 cm³/mol. The number of esters is 1. The highest BCUT2D eigenvalue weighted by atomic mass is 32.2. The fraction of sp³-hybridized carbons (Fsp3) is 0.238. The van der Waals surface area contributed by atoms with Gasteiger partial charge in [-0.15, -0.1) is 0 Å². The lowest BCUT2D eigenvalue weighted by Gasteiger charge is -2.15. The number of nitrogens with one attached hydrogen (secondary N) is 1. The molecule has 0 saturated heterocycles. The molecule has 1 heterocycles. The first kappa shape index (κ1) is 18.9. The highest BCUT2D eigenvalue weighted by Gasteiger charge is 2.16. The number of rotatable bonds is 5. The van der Waals surface area contributed by atoms with Crippen LogP contribution in [-0.4, -0.2) is 17.6 Å². The van der Waals surface area contributed by atoms with Crippen molar-refractivity contribution in [1.82, 2.24) is 4.57 Å². The summed E-state index contributed by atoms with van der Waals surface area (Å²) in [7, 11) is 1.37. The average Bonchev–Trinajstić information content (AvgIpc) is 3.08. The molecule has 0 radical (unpaired) electrons. The van der Waals surface area contributed by atoms with E-state index in [-0.39, 0.29) is 12.0 Å². The summed E-state index contributed by atoms with van der Waals surface area (Å²) in [6.07, 6.45) is 1.91. The minimum atomic E-state index is -0.359. The van der Waals surface area contributed by atoms with Crippen LogP contribution in [0.5, 0.6) is 0 Å². The molecule has 0 amide bonds. The predicted octanol–water partition coefficient (Wildman–Crippen LogP) is 5.31. The van der Waals surface area contributed by atoms with E-state index in [1.165, 1.54) is 19.1 Å². The van der Waals surface area contributed by atoms with Crippen molar-refractivity contribution in [1.29, 1.82) is 5.26 Å². The first-order valence-corrected chi connectivity index (χ1v) is 9.43. The highest BCUT2D eigenvalue weighted by Crippen LogP contribution is 2.35. The standard InChI is InChI=1S/C21H21N3O2S/c1-13(2)24-12-16(11-22)19-14(3)8-9-18(20(19)24)23-27-17-7-5-6-15(10-17)21(25)26-4/h5-10,12-13,23H,1-4H3. The topological polar surface area (TPSA) is 67.0 Å². The number of benzene rings is 2. The second-order valence-electron chi connectivity index (χ2n) is 6.53. The second-order valence-corrected chi connectivity index (χ2v) is 7.41. The number of nitriles is 1. The number of carbonyl (C=O) groups excluding carboxylic acids is 1. The Kier molecular flexibility index (Phi) is 5.43. The maximum atomic E-state index is 11.7. The van der Waals surface area contributed by atoms with Gasteiger partial charge in [-0.2, -0.15) is 5.26 Å². The third-order valence-corrected chi connectivity index (χ3v) is 5.20. The van der Waals surface area contributed by atoms with Crippen molar-refractivity contribution >= 4 is 34.5 Å². The first-order chi connectivity index (χ1) is 13.0. The normalized spacial score (nSPS) is 10.8. The summed E-state index contributed by atoms with van der Waals surface area (Å²) < 4.78 is 10.3. The van der Waals surface area contributed by atoms with E-state index in [1.54, 1.807) is 12.1 Å². The maximum absolute atomic E-state index is 11.7. The molecule has 0 unspecified atom stereocenters. The Morgan fingerprint density at radius 2 is 2.07 bits per heavy atom. The zero-order valence-electron chi connectivity index (χ0n) is 15.7. The van der Waals surface area contributed by atoms with Gasteiger partial charge >= 0.3 is 5.97 Å². The van der Waals surface area contributed by atoms with E-state index < -0.39 is 0 Å². The summed E-state index contributed by atoms with van der Waals surface area (Å²) in [5.41, 5.74) is 4.20. The van der Waals surface area contributed by atoms with Crippen molar-refractivity contribution in [2.45, 2.75) is 31.7 Å². The van der Waals surface area contributed by atoms with Crippen molar-refractivity contribution in [3.8, 4) is 6.07 Å². The molecular weight excluding hydrogens is 358 g/mol. The fourth-order valence-electron chi connectivity index (χ4n) is 3.06. The van der Waals surface area contributed by atoms with Crippen LogP contribution in [0.25, 0.3) is 10.9 Å². The summed E-state index contributed by atoms with van der Waals surface area (Å²) in [4.78, 5) is 12.6. The van der Waals surface area contributed by atoms with Gasteiger partial charge in [0, 0.05) is 22.5 Å². The molecule has 27 heavy (non-hydrogen) atoms. The zero-order chi connectivity index (χ0) is 19.6. The van der Waals surface area contributed by atoms with Gasteiger partial charge in [-0.3, -0.25) is 0 Å². The fourth-order valence-corrected chi connectivity index (χ4v) is 3.79. The Morgan fingerprint density at radius 1 is 1.30 bits per heavy atom. The number of fused-ring (bicyclic) bond motifs is 1. The van der Waals surface area contributed by atoms with Crippen molar-refractivity contribution in [2.24, 2.45) is 0 Å². The quantitative estimate of drug-likeness (QED) is 0.481. The number of anilines is 1. The van der Waals surface area contributed by atoms with Crippen molar-refractivity contribution in [3.63, 3.8) is 0 Å². The van der Waals surface area contributed by atoms with Gasteiger partial charge in [0.2, 0.25) is 0 Å². The van der Waals surface area contributed by atoms with Gasteiger partial charge in [-0.05, 0) is 62.5 Å². The van der Waals surface area contributed by atoms with E-state index in [1.807, 2.05) is 37.4 Å². The molecule has 3 aromatic rings. The average molecular weight is 379 g/mol. The number of ether oxygens (including phenoxy) is 1. The summed E-state index contributed by atoms with van der Waals surface area (Å²) >= 11 is 1.42. The van der Waals surface area contributed by atoms with Crippen molar-refractivity contribution < 1.29 is 9.53 Å². The molecular formula is C21H21N3O2S. The van der Waals surface area contributed by atoms with E-state index in [9.17, 15) is 10.1 Å². The molecule has 2 aromatic carbocycles. The van der Waals surface area contributed by atoms with E-state index in [4.69, 9.17) is 4.74 Å². The molecule has 1 aromatic heterocycles. The molecule has 5 nitrogen and oxygen atoms in total. The van der Waals surface area contributed by atoms with E-state index >= 15 is 0 Å². The molecule has 3 rings (SSSR count). The highest BCUT2D eigenvalue weighted by molar-refractivity contribution is 8.00. The third-order valence-electron chi connectivity index (χ3n) is 4.39. The van der Waals surface area contributed by atoms with Crippen LogP contribution in [0.2, 0.25) is 0 Å². The Hall–Kier alpha value is -2.91. The molecule has 138 valence electrons. The summed E-state index contributed by atoms with van der Waals surface area (Å²) in [5, 5.41) is 10.5. The summed E-state index contributed by atoms with van der Waals surface area (Å²) in [6, 6.07) is 13.8. The third kappa shape index (κ3) is 3.64. The van der Waals surface area contributed by atoms with E-state index in [0.717, 1.165) is 27.0 Å². The first-order valence-electron chi connectivity index (χ1n) is 8.61. The molecule has 6 heteroatoms. The van der Waals surface area contributed by atoms with Gasteiger partial charge in [-0.25, -0.2) is 4.79 Å². The minimum absolute atomic E-state index is 0.226. The number of methoxy groups -OCH3 is 1. The van der Waals surface area contributed by atoms with Gasteiger partial charge in [-0.1, -0.05) is 12.1 Å². The molecule has 0 bridgehead atoms. The molecule has 0 saturated carbocycles. The minimum Gasteiger partial charge on any atom is -0.465 e. The summed E-state index contributed by atoms with van der Waals surface area (Å²) in [5.74, 6) is -0.359. The molecule has 1 N–H and O–H groups in total. The van der Waals surface area contributed by atoms with E-state index in [2.05, 4.69) is 29.2 Å². The Morgan fingerprint density at radius 3 is 2.74 bits per heavy atom. The Bertz CT molecular complexity index is 1050. The maximum Gasteiger partial charge on any atom is 0.337 e. The number of nitrogens with zero attached hydrogens (tertiary/aromatic N) is 2. The van der Waals surface area contributed by atoms with Crippen LogP contribution in [0, 0.1) is 18.3 Å². The number of aryl methyl sites for hydroxylation is 1. The molecule has 0 aliphatic heterocycles. The lowest BCUT2D eigenvalue weighted by molar-refractivity contribution is 0.0600. The van der Waals surface area contributed by atoms with Gasteiger partial charge in [0.1, 0.15) is 6.07 Å². The van der Waals surface area contributed by atoms with Crippen molar-refractivity contribution in [2.75, 3.05) is 11.8 Å². The second kappa shape index (κ2) is 7.77. The Balaban J connectivity index is 1.99. The lowest BCUT2D eigenvalue weighted by atomic mass is 10.1. The van der Waals surface area contributed by atoms with Crippen LogP contribution in [0.1, 0.15) is 41.4 Å². The van der Waals surface area contributed by atoms with Gasteiger partial charge in [0.05, 0.1) is 29.4 Å². The Labute approximate surface area is 163 Å². The zero-order valence-corrected chi connectivity index (χ0v) is 16.6. The lowest BCUT2D eigenvalue weighted by Crippen LogP contribution is -2.02. The van der Waals surface area contributed by atoms with Crippen LogP contribution < -0.4 is 4.72 Å². The van der Waals surface area contributed by atoms with E-state index in [0.29, 0.717) is 11.1 Å². The molecule has 0 aliphatic carbocycles. The number of hydrogen-bond acceptors (Lipinski definition) is 5. The molecule has 0 spiro atoms. The van der Waals surface area contributed by atoms with Crippen LogP contribution in [-0.2, 0) is 4.74 Å². The van der Waals surface area contributed by atoms with Gasteiger partial charge in [0.15, 0.2) is 0 Å². The molecule has 0 fully saturated rings. The SMILES string of the molecule is COC(=O)c1cccc(SNc2ccc(C)c3c(C#N)cn(C(C)C)c23)c1. The number of carbonyl (C=O) groups is 1. The molecule has 0 aliphatic rings. The molecule has 0 atom stereocenters. The van der Waals surface area contributed by atoms with Crippen LogP contribution >= 0.6 is 11.9 Å². The van der Waals surface area contributed by atoms with Crippen LogP contribution in [0.4, 0.5) is 5.69 Å². The summed E-state index contributed by atoms with van der Waals surface area (Å²) in [6.45, 7) is 6.21. The van der Waals surface area contributed by atoms with Crippen molar-refractivity contribution in [3.05, 3.63) is 59.3 Å². The number of aromatic nitrogens is 1. The van der Waals surface area contributed by atoms with Crippen LogP contribution in [0.3, 0.4) is 0 Å². The van der Waals surface area contributed by atoms with Gasteiger partial charge < -0.3 is 14.0 Å².